The molecule has 0 aromatic carbocycles. The molecule has 2 aromatic heterocycles. The van der Waals surface area contributed by atoms with Crippen LogP contribution in [0.1, 0.15) is 30.3 Å². The molecule has 0 spiro atoms. The molecule has 2 aromatic rings. The van der Waals surface area contributed by atoms with Gasteiger partial charge in [0.15, 0.2) is 5.82 Å². The van der Waals surface area contributed by atoms with Crippen molar-refractivity contribution in [2.45, 2.75) is 39.4 Å². The highest BCUT2D eigenvalue weighted by Crippen LogP contribution is 2.29. The summed E-state index contributed by atoms with van der Waals surface area (Å²) in [5.41, 5.74) is 10.8. The number of carbonyl (C=O) groups excluding carboxylic acids is 1. The Morgan fingerprint density at radius 3 is 2.82 bits per heavy atom. The molecule has 0 saturated carbocycles. The van der Waals surface area contributed by atoms with Gasteiger partial charge in [-0.15, -0.1) is 0 Å². The van der Waals surface area contributed by atoms with Gasteiger partial charge in [0.1, 0.15) is 6.54 Å². The summed E-state index contributed by atoms with van der Waals surface area (Å²) in [4.78, 5) is 18.7. The van der Waals surface area contributed by atoms with E-state index in [4.69, 9.17) is 5.73 Å². The lowest BCUT2D eigenvalue weighted by atomic mass is 10.1. The topological polar surface area (TPSA) is 89.1 Å². The summed E-state index contributed by atoms with van der Waals surface area (Å²) in [6, 6.07) is 3.20. The smallest absolute Gasteiger partial charge is 0.323 e. The van der Waals surface area contributed by atoms with E-state index in [0.29, 0.717) is 23.7 Å². The van der Waals surface area contributed by atoms with E-state index >= 15 is 0 Å². The quantitative estimate of drug-likeness (QED) is 0.843. The van der Waals surface area contributed by atoms with Crippen LogP contribution in [0.25, 0.3) is 5.57 Å². The summed E-state index contributed by atoms with van der Waals surface area (Å²) in [6.45, 7) is 2.16. The average molecular weight is 386 g/mol. The SMILES string of the molecule is CC1=CC=C(c2ccc(N)c(NC(=O)N3Cc4cn(CC(F)F)nc4C3)n2)C1. The number of nitrogens with zero attached hydrogens (tertiary/aromatic N) is 4. The van der Waals surface area contributed by atoms with Crippen LogP contribution in [0, 0.1) is 0 Å². The lowest BCUT2D eigenvalue weighted by Crippen LogP contribution is -2.31. The molecule has 0 radical (unpaired) electrons. The summed E-state index contributed by atoms with van der Waals surface area (Å²) in [7, 11) is 0. The second kappa shape index (κ2) is 7.06. The van der Waals surface area contributed by atoms with E-state index in [1.54, 1.807) is 17.2 Å². The Hall–Kier alpha value is -3.23. The molecule has 0 fully saturated rings. The van der Waals surface area contributed by atoms with Crippen LogP contribution in [-0.2, 0) is 19.6 Å². The molecule has 0 atom stereocenters. The number of hydrogen-bond donors (Lipinski definition) is 2. The number of alkyl halides is 2. The number of amides is 2. The highest BCUT2D eigenvalue weighted by atomic mass is 19.3. The molecule has 3 heterocycles. The van der Waals surface area contributed by atoms with Gasteiger partial charge in [0.25, 0.3) is 6.43 Å². The molecule has 2 amide bonds. The lowest BCUT2D eigenvalue weighted by Gasteiger charge is -2.17. The van der Waals surface area contributed by atoms with E-state index in [-0.39, 0.29) is 12.6 Å². The molecule has 0 bridgehead atoms. The van der Waals surface area contributed by atoms with E-state index < -0.39 is 13.0 Å². The Kier molecular flexibility index (Phi) is 4.58. The van der Waals surface area contributed by atoms with Gasteiger partial charge >= 0.3 is 6.03 Å². The van der Waals surface area contributed by atoms with Gasteiger partial charge in [-0.2, -0.15) is 5.10 Å². The number of hydrogen-bond acceptors (Lipinski definition) is 4. The van der Waals surface area contributed by atoms with Crippen molar-refractivity contribution in [3.8, 4) is 0 Å². The van der Waals surface area contributed by atoms with Gasteiger partial charge in [-0.3, -0.25) is 10.00 Å². The first-order chi connectivity index (χ1) is 13.4. The number of rotatable bonds is 4. The van der Waals surface area contributed by atoms with E-state index in [1.807, 2.05) is 25.1 Å². The number of allylic oxidation sites excluding steroid dienone is 4. The number of nitrogen functional groups attached to an aromatic ring is 1. The Bertz CT molecular complexity index is 971. The molecule has 0 saturated heterocycles. The molecule has 2 aliphatic rings. The summed E-state index contributed by atoms with van der Waals surface area (Å²) in [5.74, 6) is 0.306. The highest BCUT2D eigenvalue weighted by molar-refractivity contribution is 5.92. The van der Waals surface area contributed by atoms with Gasteiger partial charge in [-0.05, 0) is 31.1 Å². The van der Waals surface area contributed by atoms with Crippen molar-refractivity contribution >= 4 is 23.1 Å². The number of pyridine rings is 1. The second-order valence-electron chi connectivity index (χ2n) is 7.02. The van der Waals surface area contributed by atoms with Gasteiger partial charge in [0.05, 0.1) is 30.2 Å². The number of halogens is 2. The number of aromatic nitrogens is 3. The third-order valence-electron chi connectivity index (χ3n) is 4.76. The predicted molar refractivity (Wildman–Crippen MR) is 101 cm³/mol. The molecule has 28 heavy (non-hydrogen) atoms. The fraction of sp³-hybridized carbons (Fsp3) is 0.316. The minimum atomic E-state index is -2.46. The summed E-state index contributed by atoms with van der Waals surface area (Å²) in [6.07, 6.45) is 3.97. The monoisotopic (exact) mass is 386 g/mol. The fourth-order valence-electron chi connectivity index (χ4n) is 3.35. The van der Waals surface area contributed by atoms with Gasteiger partial charge in [-0.1, -0.05) is 17.7 Å². The van der Waals surface area contributed by atoms with Crippen molar-refractivity contribution in [1.29, 1.82) is 0 Å². The third-order valence-corrected chi connectivity index (χ3v) is 4.76. The van der Waals surface area contributed by atoms with Crippen LogP contribution in [0.4, 0.5) is 25.1 Å². The van der Waals surface area contributed by atoms with Crippen molar-refractivity contribution in [1.82, 2.24) is 19.7 Å². The van der Waals surface area contributed by atoms with E-state index in [9.17, 15) is 13.6 Å². The normalized spacial score (nSPS) is 15.6. The maximum Gasteiger partial charge on any atom is 0.323 e. The maximum absolute atomic E-state index is 12.6. The summed E-state index contributed by atoms with van der Waals surface area (Å²) in [5, 5.41) is 6.87. The number of urea groups is 1. The molecular weight excluding hydrogens is 366 g/mol. The largest absolute Gasteiger partial charge is 0.396 e. The number of nitrogens with two attached hydrogens (primary N) is 1. The van der Waals surface area contributed by atoms with Crippen molar-refractivity contribution < 1.29 is 13.6 Å². The van der Waals surface area contributed by atoms with Crippen molar-refractivity contribution in [3.63, 3.8) is 0 Å². The number of nitrogens with one attached hydrogen (secondary N) is 1. The maximum atomic E-state index is 12.6. The van der Waals surface area contributed by atoms with Crippen molar-refractivity contribution in [2.75, 3.05) is 11.1 Å². The predicted octanol–water partition coefficient (Wildman–Crippen LogP) is 3.41. The van der Waals surface area contributed by atoms with Gasteiger partial charge in [0.2, 0.25) is 0 Å². The van der Waals surface area contributed by atoms with Gasteiger partial charge < -0.3 is 10.6 Å². The average Bonchev–Trinajstić information content (AvgIpc) is 3.31. The van der Waals surface area contributed by atoms with Crippen LogP contribution in [0.3, 0.4) is 0 Å². The first-order valence-corrected chi connectivity index (χ1v) is 8.91. The zero-order valence-corrected chi connectivity index (χ0v) is 15.3. The van der Waals surface area contributed by atoms with Crippen LogP contribution in [0.15, 0.2) is 36.1 Å². The minimum Gasteiger partial charge on any atom is -0.396 e. The zero-order chi connectivity index (χ0) is 19.8. The number of carbonyl (C=O) groups is 1. The Balaban J connectivity index is 1.43. The molecule has 1 aliphatic carbocycles. The Labute approximate surface area is 160 Å². The molecule has 4 rings (SSSR count). The number of fused-ring (bicyclic) bond motifs is 1. The molecule has 146 valence electrons. The third kappa shape index (κ3) is 3.60. The van der Waals surface area contributed by atoms with E-state index in [1.165, 1.54) is 10.3 Å². The molecule has 1 aliphatic heterocycles. The summed E-state index contributed by atoms with van der Waals surface area (Å²) < 4.78 is 26.2. The van der Waals surface area contributed by atoms with E-state index in [0.717, 1.165) is 23.3 Å². The Morgan fingerprint density at radius 1 is 1.32 bits per heavy atom. The van der Waals surface area contributed by atoms with Crippen molar-refractivity contribution in [3.05, 3.63) is 53.0 Å². The van der Waals surface area contributed by atoms with Crippen LogP contribution in [-0.4, -0.2) is 32.1 Å². The van der Waals surface area contributed by atoms with Crippen LogP contribution in [0.2, 0.25) is 0 Å². The standard InChI is InChI=1S/C19H20F2N6O/c1-11-2-3-12(6-11)15-5-4-14(22)18(23-15)24-19(28)26-7-13-8-27(10-17(20)21)25-16(13)9-26/h2-5,8,17H,6-7,9-10,22H2,1H3,(H,23,24,28). The van der Waals surface area contributed by atoms with Crippen LogP contribution < -0.4 is 11.1 Å². The second-order valence-corrected chi connectivity index (χ2v) is 7.02. The van der Waals surface area contributed by atoms with Crippen LogP contribution in [0.5, 0.6) is 0 Å². The van der Waals surface area contributed by atoms with Gasteiger partial charge in [-0.25, -0.2) is 18.6 Å². The minimum absolute atomic E-state index is 0.255. The zero-order valence-electron chi connectivity index (χ0n) is 15.3. The fourth-order valence-corrected chi connectivity index (χ4v) is 3.35. The lowest BCUT2D eigenvalue weighted by molar-refractivity contribution is 0.121. The molecule has 9 heteroatoms. The first-order valence-electron chi connectivity index (χ1n) is 8.91. The summed E-state index contributed by atoms with van der Waals surface area (Å²) >= 11 is 0. The number of anilines is 2. The molecule has 7 nitrogen and oxygen atoms in total. The van der Waals surface area contributed by atoms with Gasteiger partial charge in [0, 0.05) is 11.8 Å². The highest BCUT2D eigenvalue weighted by Gasteiger charge is 2.27. The van der Waals surface area contributed by atoms with Crippen LogP contribution >= 0.6 is 0 Å². The van der Waals surface area contributed by atoms with E-state index in [2.05, 4.69) is 15.4 Å². The Morgan fingerprint density at radius 2 is 2.14 bits per heavy atom. The first kappa shape index (κ1) is 18.1. The van der Waals surface area contributed by atoms with Crippen molar-refractivity contribution in [2.24, 2.45) is 0 Å². The molecular formula is C19H20F2N6O. The molecule has 3 N–H and O–H groups in total. The molecule has 0 unspecified atom stereocenters.